The average molecular weight is 315 g/mol. The first-order valence-electron chi connectivity index (χ1n) is 7.38. The smallest absolute Gasteiger partial charge is 0.214 e. The van der Waals surface area contributed by atoms with Crippen LogP contribution in [-0.4, -0.2) is 58.4 Å². The standard InChI is InChI=1S/C12H21N5O3S/c1-16-12(13-14-15-16)11-8-17(6-7-20-11)21(18,19)9-10-4-2-3-5-10/h10-11H,2-9H2,1H3. The molecular formula is C12H21N5O3S. The highest BCUT2D eigenvalue weighted by Gasteiger charge is 2.34. The van der Waals surface area contributed by atoms with Gasteiger partial charge in [0.05, 0.1) is 12.4 Å². The highest BCUT2D eigenvalue weighted by atomic mass is 32.2. The normalized spacial score (nSPS) is 25.5. The maximum atomic E-state index is 12.6. The number of aryl methyl sites for hydroxylation is 1. The Morgan fingerprint density at radius 1 is 1.33 bits per heavy atom. The molecule has 1 atom stereocenters. The number of morpholine rings is 1. The molecule has 0 aromatic carbocycles. The van der Waals surface area contributed by atoms with Crippen molar-refractivity contribution in [1.29, 1.82) is 0 Å². The third-order valence-corrected chi connectivity index (χ3v) is 6.30. The fraction of sp³-hybridized carbons (Fsp3) is 0.917. The monoisotopic (exact) mass is 315 g/mol. The summed E-state index contributed by atoms with van der Waals surface area (Å²) in [6, 6.07) is 0. The molecule has 2 heterocycles. The molecule has 8 nitrogen and oxygen atoms in total. The second-order valence-electron chi connectivity index (χ2n) is 5.81. The minimum Gasteiger partial charge on any atom is -0.367 e. The van der Waals surface area contributed by atoms with E-state index in [2.05, 4.69) is 15.5 Å². The number of hydrogen-bond acceptors (Lipinski definition) is 6. The molecule has 21 heavy (non-hydrogen) atoms. The largest absolute Gasteiger partial charge is 0.367 e. The highest BCUT2D eigenvalue weighted by Crippen LogP contribution is 2.28. The summed E-state index contributed by atoms with van der Waals surface area (Å²) in [5.41, 5.74) is 0. The van der Waals surface area contributed by atoms with Crippen molar-refractivity contribution in [2.45, 2.75) is 31.8 Å². The van der Waals surface area contributed by atoms with E-state index in [9.17, 15) is 8.42 Å². The lowest BCUT2D eigenvalue weighted by atomic mass is 10.1. The zero-order chi connectivity index (χ0) is 14.9. The van der Waals surface area contributed by atoms with Crippen LogP contribution in [0.4, 0.5) is 0 Å². The van der Waals surface area contributed by atoms with E-state index in [0.717, 1.165) is 25.7 Å². The number of aromatic nitrogens is 4. The molecule has 2 aliphatic rings. The SMILES string of the molecule is Cn1nnnc1C1CN(S(=O)(=O)CC2CCCC2)CCO1. The van der Waals surface area contributed by atoms with Crippen LogP contribution in [0, 0.1) is 5.92 Å². The zero-order valence-electron chi connectivity index (χ0n) is 12.2. The summed E-state index contributed by atoms with van der Waals surface area (Å²) in [5.74, 6) is 1.14. The third kappa shape index (κ3) is 3.24. The maximum absolute atomic E-state index is 12.6. The highest BCUT2D eigenvalue weighted by molar-refractivity contribution is 7.89. The first-order chi connectivity index (χ1) is 10.1. The molecule has 0 bridgehead atoms. The Morgan fingerprint density at radius 2 is 2.10 bits per heavy atom. The molecule has 1 aliphatic carbocycles. The van der Waals surface area contributed by atoms with Crippen molar-refractivity contribution in [2.24, 2.45) is 13.0 Å². The van der Waals surface area contributed by atoms with Crippen LogP contribution >= 0.6 is 0 Å². The van der Waals surface area contributed by atoms with Crippen LogP contribution in [0.2, 0.25) is 0 Å². The van der Waals surface area contributed by atoms with E-state index in [-0.39, 0.29) is 5.75 Å². The summed E-state index contributed by atoms with van der Waals surface area (Å²) in [7, 11) is -1.50. The number of tetrazole rings is 1. The topological polar surface area (TPSA) is 90.2 Å². The van der Waals surface area contributed by atoms with Gasteiger partial charge in [-0.25, -0.2) is 13.1 Å². The average Bonchev–Trinajstić information content (AvgIpc) is 3.10. The Kier molecular flexibility index (Phi) is 4.23. The fourth-order valence-electron chi connectivity index (χ4n) is 3.12. The van der Waals surface area contributed by atoms with E-state index < -0.39 is 16.1 Å². The van der Waals surface area contributed by atoms with E-state index in [1.807, 2.05) is 0 Å². The van der Waals surface area contributed by atoms with Crippen molar-refractivity contribution < 1.29 is 13.2 Å². The predicted octanol–water partition coefficient (Wildman–Crippen LogP) is 0.103. The van der Waals surface area contributed by atoms with Crippen LogP contribution in [-0.2, 0) is 21.8 Å². The van der Waals surface area contributed by atoms with E-state index in [1.54, 1.807) is 7.05 Å². The van der Waals surface area contributed by atoms with Crippen LogP contribution < -0.4 is 0 Å². The van der Waals surface area contributed by atoms with Gasteiger partial charge in [0.2, 0.25) is 10.0 Å². The molecule has 0 N–H and O–H groups in total. The molecule has 1 saturated carbocycles. The molecule has 1 aromatic rings. The molecular weight excluding hydrogens is 294 g/mol. The lowest BCUT2D eigenvalue weighted by Gasteiger charge is -2.31. The Morgan fingerprint density at radius 3 is 2.76 bits per heavy atom. The number of sulfonamides is 1. The van der Waals surface area contributed by atoms with E-state index in [4.69, 9.17) is 4.74 Å². The Hall–Kier alpha value is -1.06. The van der Waals surface area contributed by atoms with Gasteiger partial charge in [0.25, 0.3) is 0 Å². The number of ether oxygens (including phenoxy) is 1. The minimum atomic E-state index is -3.23. The fourth-order valence-corrected chi connectivity index (χ4v) is 4.98. The lowest BCUT2D eigenvalue weighted by Crippen LogP contribution is -2.44. The van der Waals surface area contributed by atoms with Crippen molar-refractivity contribution in [2.75, 3.05) is 25.4 Å². The van der Waals surface area contributed by atoms with Crippen LogP contribution in [0.25, 0.3) is 0 Å². The molecule has 2 fully saturated rings. The van der Waals surface area contributed by atoms with Crippen LogP contribution in [0.1, 0.15) is 37.6 Å². The van der Waals surface area contributed by atoms with Gasteiger partial charge < -0.3 is 4.74 Å². The second-order valence-corrected chi connectivity index (χ2v) is 7.82. The quantitative estimate of drug-likeness (QED) is 0.783. The number of rotatable bonds is 4. The summed E-state index contributed by atoms with van der Waals surface area (Å²) >= 11 is 0. The van der Waals surface area contributed by atoms with Crippen molar-refractivity contribution in [3.05, 3.63) is 5.82 Å². The molecule has 1 unspecified atom stereocenters. The van der Waals surface area contributed by atoms with Gasteiger partial charge in [-0.15, -0.1) is 5.10 Å². The molecule has 1 aromatic heterocycles. The second kappa shape index (κ2) is 5.98. The molecule has 1 saturated heterocycles. The van der Waals surface area contributed by atoms with Gasteiger partial charge in [-0.2, -0.15) is 4.31 Å². The van der Waals surface area contributed by atoms with Crippen LogP contribution in [0.15, 0.2) is 0 Å². The first-order valence-corrected chi connectivity index (χ1v) is 8.99. The summed E-state index contributed by atoms with van der Waals surface area (Å²) in [6.07, 6.45) is 3.96. The number of nitrogens with zero attached hydrogens (tertiary/aromatic N) is 5. The molecule has 3 rings (SSSR count). The first kappa shape index (κ1) is 14.9. The van der Waals surface area contributed by atoms with Crippen molar-refractivity contribution >= 4 is 10.0 Å². The third-order valence-electron chi connectivity index (χ3n) is 4.28. The molecule has 118 valence electrons. The minimum absolute atomic E-state index is 0.261. The van der Waals surface area contributed by atoms with Gasteiger partial charge in [-0.1, -0.05) is 12.8 Å². The van der Waals surface area contributed by atoms with Crippen molar-refractivity contribution in [1.82, 2.24) is 24.5 Å². The van der Waals surface area contributed by atoms with Gasteiger partial charge in [0.15, 0.2) is 5.82 Å². The summed E-state index contributed by atoms with van der Waals surface area (Å²) in [4.78, 5) is 0. The Bertz CT molecular complexity index is 581. The van der Waals surface area contributed by atoms with E-state index in [1.165, 1.54) is 8.99 Å². The lowest BCUT2D eigenvalue weighted by molar-refractivity contribution is -0.00959. The van der Waals surface area contributed by atoms with Crippen LogP contribution in [0.5, 0.6) is 0 Å². The van der Waals surface area contributed by atoms with Gasteiger partial charge in [-0.05, 0) is 29.2 Å². The maximum Gasteiger partial charge on any atom is 0.214 e. The van der Waals surface area contributed by atoms with Gasteiger partial charge >= 0.3 is 0 Å². The van der Waals surface area contributed by atoms with Gasteiger partial charge in [0.1, 0.15) is 6.10 Å². The predicted molar refractivity (Wildman–Crippen MR) is 74.8 cm³/mol. The molecule has 0 amide bonds. The van der Waals surface area contributed by atoms with E-state index >= 15 is 0 Å². The van der Waals surface area contributed by atoms with Gasteiger partial charge in [0, 0.05) is 20.1 Å². The molecule has 9 heteroatoms. The van der Waals surface area contributed by atoms with E-state index in [0.29, 0.717) is 31.4 Å². The summed E-state index contributed by atoms with van der Waals surface area (Å²) < 4.78 is 33.8. The van der Waals surface area contributed by atoms with Gasteiger partial charge in [-0.3, -0.25) is 0 Å². The molecule has 0 spiro atoms. The van der Waals surface area contributed by atoms with Crippen molar-refractivity contribution in [3.63, 3.8) is 0 Å². The molecule has 0 radical (unpaired) electrons. The summed E-state index contributed by atoms with van der Waals surface area (Å²) in [5, 5.41) is 11.3. The zero-order valence-corrected chi connectivity index (χ0v) is 13.0. The van der Waals surface area contributed by atoms with Crippen LogP contribution in [0.3, 0.4) is 0 Å². The molecule has 1 aliphatic heterocycles. The Balaban J connectivity index is 1.69. The summed E-state index contributed by atoms with van der Waals surface area (Å²) in [6.45, 7) is 1.08. The van der Waals surface area contributed by atoms with Crippen molar-refractivity contribution in [3.8, 4) is 0 Å². The number of hydrogen-bond donors (Lipinski definition) is 0. The Labute approximate surface area is 124 Å².